The van der Waals surface area contributed by atoms with Crippen molar-refractivity contribution in [1.29, 1.82) is 0 Å². The summed E-state index contributed by atoms with van der Waals surface area (Å²) in [6.07, 6.45) is -2.36. The summed E-state index contributed by atoms with van der Waals surface area (Å²) in [4.78, 5) is 18.6. The van der Waals surface area contributed by atoms with Crippen molar-refractivity contribution >= 4 is 27.7 Å². The number of nitrogens with zero attached hydrogens (tertiary/aromatic N) is 2. The largest absolute Gasteiger partial charge is 0.573 e. The monoisotopic (exact) mass is 580 g/mol. The predicted octanol–water partition coefficient (Wildman–Crippen LogP) is 6.71. The molecule has 1 heterocycles. The van der Waals surface area contributed by atoms with Gasteiger partial charge in [-0.1, -0.05) is 24.3 Å². The fraction of sp³-hybridized carbons (Fsp3) is 0.333. The van der Waals surface area contributed by atoms with Crippen LogP contribution in [0.4, 0.5) is 19.0 Å². The lowest BCUT2D eigenvalue weighted by Crippen LogP contribution is -2.39. The molecule has 0 amide bonds. The standard InChI is InChI=1S/C27H28BrF3N2O4/c1-4-35-25(34)26(2,3)36-22-10-5-19(6-11-22)15-16-33(24-14-9-21(28)17-32-24)18-20-7-12-23(13-8-20)37-27(29,30)31/h5-14,17H,4,15-16,18H2,1-3H3. The van der Waals surface area contributed by atoms with Gasteiger partial charge in [-0.05, 0) is 90.6 Å². The second-order valence-corrected chi connectivity index (χ2v) is 9.59. The molecular weight excluding hydrogens is 553 g/mol. The van der Waals surface area contributed by atoms with Crippen LogP contribution >= 0.6 is 15.9 Å². The molecule has 6 nitrogen and oxygen atoms in total. The number of aromatic nitrogens is 1. The Bertz CT molecular complexity index is 1150. The van der Waals surface area contributed by atoms with Gasteiger partial charge in [0.25, 0.3) is 0 Å². The first kappa shape index (κ1) is 28.3. The van der Waals surface area contributed by atoms with E-state index in [0.29, 0.717) is 25.3 Å². The fourth-order valence-electron chi connectivity index (χ4n) is 3.48. The summed E-state index contributed by atoms with van der Waals surface area (Å²) >= 11 is 3.39. The van der Waals surface area contributed by atoms with Crippen molar-refractivity contribution in [1.82, 2.24) is 4.98 Å². The topological polar surface area (TPSA) is 60.9 Å². The lowest BCUT2D eigenvalue weighted by molar-refractivity contribution is -0.274. The van der Waals surface area contributed by atoms with Crippen molar-refractivity contribution in [2.24, 2.45) is 0 Å². The minimum Gasteiger partial charge on any atom is -0.476 e. The van der Waals surface area contributed by atoms with Gasteiger partial charge in [-0.25, -0.2) is 9.78 Å². The summed E-state index contributed by atoms with van der Waals surface area (Å²) in [7, 11) is 0. The third-order valence-electron chi connectivity index (χ3n) is 5.30. The number of anilines is 1. The first-order valence-corrected chi connectivity index (χ1v) is 12.4. The van der Waals surface area contributed by atoms with Crippen LogP contribution in [-0.2, 0) is 22.5 Å². The molecule has 3 rings (SSSR count). The molecule has 1 aromatic heterocycles. The van der Waals surface area contributed by atoms with Crippen LogP contribution in [0.3, 0.4) is 0 Å². The smallest absolute Gasteiger partial charge is 0.476 e. The van der Waals surface area contributed by atoms with Crippen LogP contribution in [0, 0.1) is 0 Å². The quantitative estimate of drug-likeness (QED) is 0.235. The summed E-state index contributed by atoms with van der Waals surface area (Å²) in [6, 6.07) is 17.0. The SMILES string of the molecule is CCOC(=O)C(C)(C)Oc1ccc(CCN(Cc2ccc(OC(F)(F)F)cc2)c2ccc(Br)cn2)cc1. The molecule has 0 radical (unpaired) electrons. The first-order valence-electron chi connectivity index (χ1n) is 11.6. The van der Waals surface area contributed by atoms with Crippen LogP contribution in [0.15, 0.2) is 71.3 Å². The Hall–Kier alpha value is -3.27. The predicted molar refractivity (Wildman–Crippen MR) is 138 cm³/mol. The summed E-state index contributed by atoms with van der Waals surface area (Å²) in [6.45, 7) is 6.38. The van der Waals surface area contributed by atoms with E-state index >= 15 is 0 Å². The van der Waals surface area contributed by atoms with E-state index in [0.717, 1.165) is 21.4 Å². The molecule has 0 aliphatic heterocycles. The van der Waals surface area contributed by atoms with Crippen LogP contribution < -0.4 is 14.4 Å². The Morgan fingerprint density at radius 3 is 2.05 bits per heavy atom. The molecular formula is C27H28BrF3N2O4. The first-order chi connectivity index (χ1) is 17.4. The van der Waals surface area contributed by atoms with E-state index < -0.39 is 17.9 Å². The fourth-order valence-corrected chi connectivity index (χ4v) is 3.71. The van der Waals surface area contributed by atoms with Gasteiger partial charge in [0.15, 0.2) is 5.60 Å². The van der Waals surface area contributed by atoms with Gasteiger partial charge in [-0.3, -0.25) is 0 Å². The molecule has 198 valence electrons. The number of pyridine rings is 1. The molecule has 37 heavy (non-hydrogen) atoms. The third-order valence-corrected chi connectivity index (χ3v) is 5.77. The zero-order valence-corrected chi connectivity index (χ0v) is 22.3. The van der Waals surface area contributed by atoms with Gasteiger partial charge in [0, 0.05) is 23.8 Å². The lowest BCUT2D eigenvalue weighted by atomic mass is 10.1. The molecule has 0 aliphatic carbocycles. The van der Waals surface area contributed by atoms with Gasteiger partial charge in [0.1, 0.15) is 17.3 Å². The average molecular weight is 581 g/mol. The van der Waals surface area contributed by atoms with Gasteiger partial charge < -0.3 is 19.1 Å². The van der Waals surface area contributed by atoms with E-state index in [1.165, 1.54) is 12.1 Å². The highest BCUT2D eigenvalue weighted by molar-refractivity contribution is 9.10. The molecule has 0 atom stereocenters. The van der Waals surface area contributed by atoms with Gasteiger partial charge in [0.05, 0.1) is 6.61 Å². The number of esters is 1. The van der Waals surface area contributed by atoms with E-state index in [1.54, 1.807) is 51.2 Å². The van der Waals surface area contributed by atoms with Crippen LogP contribution in [-0.4, -0.2) is 36.1 Å². The number of carbonyl (C=O) groups excluding carboxylic acids is 1. The second kappa shape index (κ2) is 12.3. The molecule has 0 bridgehead atoms. The van der Waals surface area contributed by atoms with Crippen molar-refractivity contribution in [3.8, 4) is 11.5 Å². The van der Waals surface area contributed by atoms with Gasteiger partial charge in [-0.2, -0.15) is 0 Å². The van der Waals surface area contributed by atoms with Crippen molar-refractivity contribution in [3.63, 3.8) is 0 Å². The molecule has 0 aliphatic rings. The number of ether oxygens (including phenoxy) is 3. The van der Waals surface area contributed by atoms with Gasteiger partial charge in [-0.15, -0.1) is 13.2 Å². The molecule has 0 fully saturated rings. The second-order valence-electron chi connectivity index (χ2n) is 8.67. The van der Waals surface area contributed by atoms with E-state index in [4.69, 9.17) is 9.47 Å². The van der Waals surface area contributed by atoms with E-state index in [2.05, 4.69) is 25.7 Å². The molecule has 3 aromatic rings. The summed E-state index contributed by atoms with van der Waals surface area (Å²) in [5.74, 6) is 0.581. The summed E-state index contributed by atoms with van der Waals surface area (Å²) < 4.78 is 53.1. The maximum atomic E-state index is 12.5. The zero-order chi connectivity index (χ0) is 27.1. The number of benzene rings is 2. The third kappa shape index (κ3) is 8.96. The van der Waals surface area contributed by atoms with Crippen molar-refractivity contribution in [2.45, 2.75) is 45.7 Å². The zero-order valence-electron chi connectivity index (χ0n) is 20.7. The minimum atomic E-state index is -4.73. The van der Waals surface area contributed by atoms with E-state index in [9.17, 15) is 18.0 Å². The van der Waals surface area contributed by atoms with Crippen molar-refractivity contribution < 1.29 is 32.2 Å². The number of carbonyl (C=O) groups is 1. The van der Waals surface area contributed by atoms with Crippen molar-refractivity contribution in [2.75, 3.05) is 18.1 Å². The molecule has 2 aromatic carbocycles. The van der Waals surface area contributed by atoms with Gasteiger partial charge in [0.2, 0.25) is 0 Å². The van der Waals surface area contributed by atoms with Gasteiger partial charge >= 0.3 is 12.3 Å². The van der Waals surface area contributed by atoms with E-state index in [1.807, 2.05) is 29.2 Å². The molecule has 0 spiro atoms. The van der Waals surface area contributed by atoms with Crippen LogP contribution in [0.5, 0.6) is 11.5 Å². The number of alkyl halides is 3. The normalized spacial score (nSPS) is 11.6. The highest BCUT2D eigenvalue weighted by atomic mass is 79.9. The molecule has 10 heteroatoms. The number of hydrogen-bond acceptors (Lipinski definition) is 6. The molecule has 0 saturated heterocycles. The molecule has 0 N–H and O–H groups in total. The average Bonchev–Trinajstić information content (AvgIpc) is 2.83. The summed E-state index contributed by atoms with van der Waals surface area (Å²) in [5.41, 5.74) is 0.740. The minimum absolute atomic E-state index is 0.266. The van der Waals surface area contributed by atoms with E-state index in [-0.39, 0.29) is 12.4 Å². The Morgan fingerprint density at radius 1 is 0.919 bits per heavy atom. The number of rotatable bonds is 11. The molecule has 0 saturated carbocycles. The number of hydrogen-bond donors (Lipinski definition) is 0. The van der Waals surface area contributed by atoms with Crippen LogP contribution in [0.2, 0.25) is 0 Å². The summed E-state index contributed by atoms with van der Waals surface area (Å²) in [5, 5.41) is 0. The lowest BCUT2D eigenvalue weighted by Gasteiger charge is -2.25. The maximum Gasteiger partial charge on any atom is 0.573 e. The van der Waals surface area contributed by atoms with Crippen LogP contribution in [0.25, 0.3) is 0 Å². The Balaban J connectivity index is 1.68. The Labute approximate surface area is 222 Å². The Morgan fingerprint density at radius 2 is 1.51 bits per heavy atom. The Kier molecular flexibility index (Phi) is 9.42. The number of halogens is 4. The molecule has 0 unspecified atom stereocenters. The van der Waals surface area contributed by atoms with Crippen molar-refractivity contribution in [3.05, 3.63) is 82.5 Å². The highest BCUT2D eigenvalue weighted by Gasteiger charge is 2.32. The maximum absolute atomic E-state index is 12.5. The van der Waals surface area contributed by atoms with Crippen LogP contribution in [0.1, 0.15) is 31.9 Å². The highest BCUT2D eigenvalue weighted by Crippen LogP contribution is 2.25.